The van der Waals surface area contributed by atoms with Crippen molar-refractivity contribution in [3.8, 4) is 11.4 Å². The van der Waals surface area contributed by atoms with Crippen LogP contribution >= 0.6 is 35.1 Å². The molecule has 0 aliphatic rings. The summed E-state index contributed by atoms with van der Waals surface area (Å²) in [5.74, 6) is 1.15. The first-order valence-electron chi connectivity index (χ1n) is 8.91. The fourth-order valence-electron chi connectivity index (χ4n) is 2.63. The van der Waals surface area contributed by atoms with E-state index in [1.165, 1.54) is 23.9 Å². The van der Waals surface area contributed by atoms with Crippen molar-refractivity contribution in [2.45, 2.75) is 20.6 Å². The maximum atomic E-state index is 13.2. The molecule has 4 rings (SSSR count). The summed E-state index contributed by atoms with van der Waals surface area (Å²) < 4.78 is 13.2. The Morgan fingerprint density at radius 3 is 2.21 bits per heavy atom. The van der Waals surface area contributed by atoms with Gasteiger partial charge in [-0.3, -0.25) is 0 Å². The van der Waals surface area contributed by atoms with Crippen molar-refractivity contribution in [1.29, 1.82) is 0 Å². The molecule has 0 fully saturated rings. The average Bonchev–Trinajstić information content (AvgIpc) is 2.75. The summed E-state index contributed by atoms with van der Waals surface area (Å²) in [4.78, 5) is 11.5. The zero-order chi connectivity index (χ0) is 20.1. The molecule has 0 saturated carbocycles. The molecule has 0 atom stereocenters. The summed E-state index contributed by atoms with van der Waals surface area (Å²) in [6.45, 7) is 0. The molecule has 0 bridgehead atoms. The van der Waals surface area contributed by atoms with Crippen LogP contribution in [0.5, 0.6) is 0 Å². The Balaban J connectivity index is 1.62. The van der Waals surface area contributed by atoms with Crippen LogP contribution in [0.15, 0.2) is 99.7 Å². The van der Waals surface area contributed by atoms with Gasteiger partial charge in [-0.05, 0) is 54.6 Å². The second kappa shape index (κ2) is 9.44. The molecule has 29 heavy (non-hydrogen) atoms. The molecule has 0 aliphatic carbocycles. The maximum absolute atomic E-state index is 13.2. The van der Waals surface area contributed by atoms with E-state index in [1.807, 2.05) is 60.7 Å². The lowest BCUT2D eigenvalue weighted by Crippen LogP contribution is -1.96. The van der Waals surface area contributed by atoms with E-state index >= 15 is 0 Å². The molecule has 0 N–H and O–H groups in total. The molecule has 144 valence electrons. The topological polar surface area (TPSA) is 25.8 Å². The van der Waals surface area contributed by atoms with Gasteiger partial charge >= 0.3 is 0 Å². The van der Waals surface area contributed by atoms with E-state index in [0.717, 1.165) is 31.1 Å². The largest absolute Gasteiger partial charge is 0.232 e. The van der Waals surface area contributed by atoms with Gasteiger partial charge in [0, 0.05) is 26.1 Å². The van der Waals surface area contributed by atoms with Crippen LogP contribution in [-0.2, 0) is 5.75 Å². The quantitative estimate of drug-likeness (QED) is 0.231. The highest BCUT2D eigenvalue weighted by atomic mass is 35.5. The van der Waals surface area contributed by atoms with Crippen molar-refractivity contribution in [3.05, 3.63) is 101 Å². The van der Waals surface area contributed by atoms with Crippen LogP contribution in [0, 0.1) is 5.82 Å². The number of rotatable bonds is 6. The molecule has 3 aromatic carbocycles. The van der Waals surface area contributed by atoms with Crippen molar-refractivity contribution >= 4 is 35.1 Å². The first-order chi connectivity index (χ1) is 14.2. The fourth-order valence-corrected chi connectivity index (χ4v) is 4.38. The molecule has 0 spiro atoms. The van der Waals surface area contributed by atoms with Gasteiger partial charge in [0.05, 0.1) is 5.69 Å². The predicted molar refractivity (Wildman–Crippen MR) is 119 cm³/mol. The molecule has 1 heterocycles. The smallest absolute Gasteiger partial charge is 0.160 e. The number of halogens is 2. The van der Waals surface area contributed by atoms with Gasteiger partial charge in [0.25, 0.3) is 0 Å². The highest BCUT2D eigenvalue weighted by Crippen LogP contribution is 2.30. The SMILES string of the molecule is Fc1ccc(Sc2cc(CSc3ccc(Cl)cc3)nc(-c3ccccc3)n2)cc1. The van der Waals surface area contributed by atoms with Crippen molar-refractivity contribution in [3.63, 3.8) is 0 Å². The zero-order valence-electron chi connectivity index (χ0n) is 15.3. The van der Waals surface area contributed by atoms with Crippen LogP contribution in [0.25, 0.3) is 11.4 Å². The monoisotopic (exact) mass is 438 g/mol. The van der Waals surface area contributed by atoms with Crippen LogP contribution in [-0.4, -0.2) is 9.97 Å². The van der Waals surface area contributed by atoms with E-state index in [1.54, 1.807) is 23.9 Å². The summed E-state index contributed by atoms with van der Waals surface area (Å²) in [6, 6.07) is 26.1. The lowest BCUT2D eigenvalue weighted by atomic mass is 10.2. The molecule has 0 radical (unpaired) electrons. The number of thioether (sulfide) groups is 1. The minimum atomic E-state index is -0.248. The van der Waals surface area contributed by atoms with E-state index < -0.39 is 0 Å². The molecular formula is C23H16ClFN2S2. The van der Waals surface area contributed by atoms with Crippen LogP contribution in [0.2, 0.25) is 5.02 Å². The Morgan fingerprint density at radius 1 is 0.793 bits per heavy atom. The maximum Gasteiger partial charge on any atom is 0.160 e. The Labute approximate surface area is 182 Å². The van der Waals surface area contributed by atoms with Gasteiger partial charge in [-0.1, -0.05) is 53.7 Å². The Bertz CT molecular complexity index is 1090. The third-order valence-electron chi connectivity index (χ3n) is 4.02. The molecule has 0 aliphatic heterocycles. The van der Waals surface area contributed by atoms with Crippen molar-refractivity contribution in [2.24, 2.45) is 0 Å². The number of hydrogen-bond acceptors (Lipinski definition) is 4. The number of hydrogen-bond donors (Lipinski definition) is 0. The summed E-state index contributed by atoms with van der Waals surface area (Å²) >= 11 is 9.16. The molecule has 4 aromatic rings. The molecule has 2 nitrogen and oxygen atoms in total. The number of aromatic nitrogens is 2. The third kappa shape index (κ3) is 5.60. The summed E-state index contributed by atoms with van der Waals surface area (Å²) in [5, 5.41) is 1.55. The third-order valence-corrected chi connectivity index (χ3v) is 6.25. The van der Waals surface area contributed by atoms with Gasteiger partial charge in [-0.15, -0.1) is 11.8 Å². The summed E-state index contributed by atoms with van der Waals surface area (Å²) in [7, 11) is 0. The Hall–Kier alpha value is -2.34. The first-order valence-corrected chi connectivity index (χ1v) is 11.1. The predicted octanol–water partition coefficient (Wildman–Crippen LogP) is 7.38. The minimum absolute atomic E-state index is 0.248. The normalized spacial score (nSPS) is 10.8. The number of benzene rings is 3. The van der Waals surface area contributed by atoms with Gasteiger partial charge in [-0.2, -0.15) is 0 Å². The zero-order valence-corrected chi connectivity index (χ0v) is 17.6. The van der Waals surface area contributed by atoms with Crippen molar-refractivity contribution in [1.82, 2.24) is 9.97 Å². The molecular weight excluding hydrogens is 423 g/mol. The highest BCUT2D eigenvalue weighted by molar-refractivity contribution is 7.99. The van der Waals surface area contributed by atoms with E-state index in [9.17, 15) is 4.39 Å². The lowest BCUT2D eigenvalue weighted by molar-refractivity contribution is 0.626. The van der Waals surface area contributed by atoms with Gasteiger partial charge < -0.3 is 0 Å². The fraction of sp³-hybridized carbons (Fsp3) is 0.0435. The summed E-state index contributed by atoms with van der Waals surface area (Å²) in [5.41, 5.74) is 1.90. The van der Waals surface area contributed by atoms with Crippen LogP contribution in [0.3, 0.4) is 0 Å². The van der Waals surface area contributed by atoms with Crippen molar-refractivity contribution < 1.29 is 4.39 Å². The standard InChI is InChI=1S/C23H16ClFN2S2/c24-17-6-10-20(11-7-17)28-15-19-14-22(29-21-12-8-18(25)9-13-21)27-23(26-19)16-4-2-1-3-5-16/h1-14H,15H2. The van der Waals surface area contributed by atoms with Gasteiger partial charge in [0.15, 0.2) is 5.82 Å². The van der Waals surface area contributed by atoms with Crippen LogP contribution in [0.1, 0.15) is 5.69 Å². The van der Waals surface area contributed by atoms with Crippen LogP contribution < -0.4 is 0 Å². The number of nitrogens with zero attached hydrogens (tertiary/aromatic N) is 2. The lowest BCUT2D eigenvalue weighted by Gasteiger charge is -2.09. The summed E-state index contributed by atoms with van der Waals surface area (Å²) in [6.07, 6.45) is 0. The van der Waals surface area contributed by atoms with E-state index in [2.05, 4.69) is 0 Å². The highest BCUT2D eigenvalue weighted by Gasteiger charge is 2.09. The second-order valence-corrected chi connectivity index (χ2v) is 8.76. The molecule has 0 unspecified atom stereocenters. The molecule has 0 amide bonds. The molecule has 1 aromatic heterocycles. The van der Waals surface area contributed by atoms with E-state index in [-0.39, 0.29) is 5.82 Å². The van der Waals surface area contributed by atoms with E-state index in [0.29, 0.717) is 11.6 Å². The van der Waals surface area contributed by atoms with Gasteiger partial charge in [0.1, 0.15) is 10.8 Å². The second-order valence-electron chi connectivity index (χ2n) is 6.19. The Morgan fingerprint density at radius 2 is 1.48 bits per heavy atom. The minimum Gasteiger partial charge on any atom is -0.232 e. The molecule has 0 saturated heterocycles. The Kier molecular flexibility index (Phi) is 6.49. The molecule has 6 heteroatoms. The average molecular weight is 439 g/mol. The van der Waals surface area contributed by atoms with Gasteiger partial charge in [0.2, 0.25) is 0 Å². The van der Waals surface area contributed by atoms with Crippen molar-refractivity contribution in [2.75, 3.05) is 0 Å². The van der Waals surface area contributed by atoms with E-state index in [4.69, 9.17) is 21.6 Å². The van der Waals surface area contributed by atoms with Crippen LogP contribution in [0.4, 0.5) is 4.39 Å². The first kappa shape index (κ1) is 20.0. The van der Waals surface area contributed by atoms with Gasteiger partial charge in [-0.25, -0.2) is 14.4 Å².